The van der Waals surface area contributed by atoms with E-state index in [2.05, 4.69) is 32.3 Å². The zero-order valence-corrected chi connectivity index (χ0v) is 9.92. The van der Waals surface area contributed by atoms with Gasteiger partial charge in [0.05, 0.1) is 6.61 Å². The minimum atomic E-state index is 0.244. The molecule has 0 aliphatic rings. The summed E-state index contributed by atoms with van der Waals surface area (Å²) < 4.78 is 0. The molecule has 1 N–H and O–H groups in total. The Morgan fingerprint density at radius 1 is 1.29 bits per heavy atom. The van der Waals surface area contributed by atoms with Crippen LogP contribution in [0.25, 0.3) is 0 Å². The number of aliphatic hydroxyl groups is 1. The summed E-state index contributed by atoms with van der Waals surface area (Å²) in [5, 5.41) is 8.99. The number of nitrogens with zero attached hydrogens (tertiary/aromatic N) is 1. The van der Waals surface area contributed by atoms with E-state index in [-0.39, 0.29) is 6.61 Å². The van der Waals surface area contributed by atoms with Gasteiger partial charge >= 0.3 is 0 Å². The summed E-state index contributed by atoms with van der Waals surface area (Å²) in [4.78, 5) is 2.34. The van der Waals surface area contributed by atoms with E-state index in [4.69, 9.17) is 5.11 Å². The van der Waals surface area contributed by atoms with E-state index in [0.717, 1.165) is 32.4 Å². The maximum atomic E-state index is 8.99. The largest absolute Gasteiger partial charge is 0.395 e. The van der Waals surface area contributed by atoms with Crippen LogP contribution in [-0.4, -0.2) is 35.7 Å². The Kier molecular flexibility index (Phi) is 7.81. The third kappa shape index (κ3) is 4.77. The van der Waals surface area contributed by atoms with E-state index in [1.54, 1.807) is 0 Å². The molecular formula is C12H25NO. The van der Waals surface area contributed by atoms with Crippen molar-refractivity contribution in [3.05, 3.63) is 12.2 Å². The molecule has 2 nitrogen and oxygen atoms in total. The second-order valence-electron chi connectivity index (χ2n) is 3.77. The molecule has 0 aliphatic carbocycles. The van der Waals surface area contributed by atoms with E-state index in [0.29, 0.717) is 6.04 Å². The summed E-state index contributed by atoms with van der Waals surface area (Å²) in [6.45, 7) is 12.5. The molecule has 0 aromatic rings. The lowest BCUT2D eigenvalue weighted by molar-refractivity contribution is 0.154. The van der Waals surface area contributed by atoms with Gasteiger partial charge in [-0.25, -0.2) is 0 Å². The van der Waals surface area contributed by atoms with Gasteiger partial charge < -0.3 is 5.11 Å². The summed E-state index contributed by atoms with van der Waals surface area (Å²) >= 11 is 0. The fourth-order valence-electron chi connectivity index (χ4n) is 1.72. The molecule has 0 atom stereocenters. The van der Waals surface area contributed by atoms with Gasteiger partial charge in [0.1, 0.15) is 0 Å². The van der Waals surface area contributed by atoms with Crippen molar-refractivity contribution in [1.29, 1.82) is 0 Å². The van der Waals surface area contributed by atoms with Gasteiger partial charge in [-0.3, -0.25) is 4.90 Å². The van der Waals surface area contributed by atoms with E-state index in [9.17, 15) is 0 Å². The average Bonchev–Trinajstić information content (AvgIpc) is 2.19. The molecule has 0 aromatic heterocycles. The Labute approximate surface area is 88.6 Å². The van der Waals surface area contributed by atoms with E-state index < -0.39 is 0 Å². The van der Waals surface area contributed by atoms with Gasteiger partial charge in [0.25, 0.3) is 0 Å². The van der Waals surface area contributed by atoms with Crippen LogP contribution in [0, 0.1) is 0 Å². The zero-order valence-electron chi connectivity index (χ0n) is 9.92. The molecule has 14 heavy (non-hydrogen) atoms. The molecule has 0 saturated carbocycles. The molecule has 0 radical (unpaired) electrons. The molecule has 0 unspecified atom stereocenters. The lowest BCUT2D eigenvalue weighted by Crippen LogP contribution is -2.37. The molecule has 0 amide bonds. The van der Waals surface area contributed by atoms with Crippen molar-refractivity contribution >= 4 is 0 Å². The van der Waals surface area contributed by atoms with Gasteiger partial charge in [-0.05, 0) is 19.3 Å². The second-order valence-corrected chi connectivity index (χ2v) is 3.77. The molecule has 0 fully saturated rings. The monoisotopic (exact) mass is 199 g/mol. The third-order valence-electron chi connectivity index (χ3n) is 2.77. The second kappa shape index (κ2) is 8.01. The summed E-state index contributed by atoms with van der Waals surface area (Å²) in [6.07, 6.45) is 3.32. The van der Waals surface area contributed by atoms with Crippen LogP contribution in [0.15, 0.2) is 12.2 Å². The Morgan fingerprint density at radius 3 is 2.21 bits per heavy atom. The summed E-state index contributed by atoms with van der Waals surface area (Å²) in [5.74, 6) is 0. The quantitative estimate of drug-likeness (QED) is 0.607. The average molecular weight is 199 g/mol. The Hall–Kier alpha value is -0.340. The zero-order chi connectivity index (χ0) is 11.0. The van der Waals surface area contributed by atoms with Crippen molar-refractivity contribution in [3.63, 3.8) is 0 Å². The summed E-state index contributed by atoms with van der Waals surface area (Å²) in [5.41, 5.74) is 1.25. The van der Waals surface area contributed by atoms with Crippen LogP contribution < -0.4 is 0 Å². The van der Waals surface area contributed by atoms with Gasteiger partial charge in [-0.15, -0.1) is 0 Å². The Bertz CT molecular complexity index is 152. The van der Waals surface area contributed by atoms with Gasteiger partial charge in [0.15, 0.2) is 0 Å². The van der Waals surface area contributed by atoms with Gasteiger partial charge in [-0.2, -0.15) is 0 Å². The van der Waals surface area contributed by atoms with Crippen molar-refractivity contribution in [2.45, 2.75) is 46.1 Å². The molecule has 84 valence electrons. The topological polar surface area (TPSA) is 23.5 Å². The SMILES string of the molecule is C=C(CC)CN(CCO)C(CC)CC. The third-order valence-corrected chi connectivity index (χ3v) is 2.77. The molecule has 0 heterocycles. The van der Waals surface area contributed by atoms with Crippen LogP contribution in [-0.2, 0) is 0 Å². The molecular weight excluding hydrogens is 174 g/mol. The maximum Gasteiger partial charge on any atom is 0.0558 e. The first-order valence-corrected chi connectivity index (χ1v) is 5.71. The summed E-state index contributed by atoms with van der Waals surface area (Å²) in [7, 11) is 0. The molecule has 0 spiro atoms. The standard InChI is InChI=1S/C12H25NO/c1-5-11(4)10-13(8-9-14)12(6-2)7-3/h12,14H,4-10H2,1-3H3. The molecule has 0 rings (SSSR count). The smallest absolute Gasteiger partial charge is 0.0558 e. The molecule has 0 aromatic carbocycles. The minimum Gasteiger partial charge on any atom is -0.395 e. The van der Waals surface area contributed by atoms with Crippen LogP contribution in [0.5, 0.6) is 0 Å². The Morgan fingerprint density at radius 2 is 1.86 bits per heavy atom. The number of hydrogen-bond acceptors (Lipinski definition) is 2. The van der Waals surface area contributed by atoms with Crippen LogP contribution in [0.3, 0.4) is 0 Å². The number of rotatable bonds is 8. The van der Waals surface area contributed by atoms with Gasteiger partial charge in [0.2, 0.25) is 0 Å². The van der Waals surface area contributed by atoms with Crippen LogP contribution in [0.2, 0.25) is 0 Å². The van der Waals surface area contributed by atoms with Crippen LogP contribution >= 0.6 is 0 Å². The van der Waals surface area contributed by atoms with Crippen molar-refractivity contribution in [2.24, 2.45) is 0 Å². The van der Waals surface area contributed by atoms with Crippen LogP contribution in [0.1, 0.15) is 40.0 Å². The van der Waals surface area contributed by atoms with E-state index in [1.165, 1.54) is 5.57 Å². The predicted molar refractivity (Wildman–Crippen MR) is 62.5 cm³/mol. The highest BCUT2D eigenvalue weighted by Crippen LogP contribution is 2.11. The normalized spacial score (nSPS) is 11.3. The first-order valence-electron chi connectivity index (χ1n) is 5.71. The molecule has 0 bridgehead atoms. The highest BCUT2D eigenvalue weighted by Gasteiger charge is 2.14. The van der Waals surface area contributed by atoms with Gasteiger partial charge in [-0.1, -0.05) is 32.9 Å². The van der Waals surface area contributed by atoms with E-state index >= 15 is 0 Å². The summed E-state index contributed by atoms with van der Waals surface area (Å²) in [6, 6.07) is 0.588. The van der Waals surface area contributed by atoms with Crippen molar-refractivity contribution in [3.8, 4) is 0 Å². The lowest BCUT2D eigenvalue weighted by atomic mass is 10.1. The maximum absolute atomic E-state index is 8.99. The highest BCUT2D eigenvalue weighted by molar-refractivity contribution is 4.96. The lowest BCUT2D eigenvalue weighted by Gasteiger charge is -2.30. The van der Waals surface area contributed by atoms with Crippen molar-refractivity contribution < 1.29 is 5.11 Å². The molecule has 0 aliphatic heterocycles. The van der Waals surface area contributed by atoms with Crippen LogP contribution in [0.4, 0.5) is 0 Å². The van der Waals surface area contributed by atoms with E-state index in [1.807, 2.05) is 0 Å². The molecule has 0 saturated heterocycles. The van der Waals surface area contributed by atoms with Gasteiger partial charge in [0, 0.05) is 19.1 Å². The minimum absolute atomic E-state index is 0.244. The first-order chi connectivity index (χ1) is 6.69. The first kappa shape index (κ1) is 13.7. The molecule has 2 heteroatoms. The fraction of sp³-hybridized carbons (Fsp3) is 0.833. The predicted octanol–water partition coefficient (Wildman–Crippen LogP) is 2.44. The fourth-order valence-corrected chi connectivity index (χ4v) is 1.72. The number of aliphatic hydroxyl groups excluding tert-OH is 1. The Balaban J connectivity index is 4.17. The number of hydrogen-bond donors (Lipinski definition) is 1. The van der Waals surface area contributed by atoms with Crippen molar-refractivity contribution in [2.75, 3.05) is 19.7 Å². The van der Waals surface area contributed by atoms with Crippen molar-refractivity contribution in [1.82, 2.24) is 4.90 Å². The highest BCUT2D eigenvalue weighted by atomic mass is 16.3.